The molecule has 154 valence electrons. The van der Waals surface area contributed by atoms with Crippen LogP contribution in [0.4, 0.5) is 4.39 Å². The van der Waals surface area contributed by atoms with E-state index in [0.29, 0.717) is 19.6 Å². The molecule has 2 aromatic carbocycles. The van der Waals surface area contributed by atoms with Gasteiger partial charge in [-0.1, -0.05) is 23.5 Å². The van der Waals surface area contributed by atoms with Crippen molar-refractivity contribution in [1.82, 2.24) is 14.7 Å². The topological polar surface area (TPSA) is 55.6 Å². The van der Waals surface area contributed by atoms with Crippen LogP contribution in [0.2, 0.25) is 0 Å². The Bertz CT molecular complexity index is 1160. The third-order valence-electron chi connectivity index (χ3n) is 4.84. The first-order chi connectivity index (χ1) is 14.5. The van der Waals surface area contributed by atoms with Gasteiger partial charge in [0.1, 0.15) is 11.6 Å². The van der Waals surface area contributed by atoms with E-state index < -0.39 is 0 Å². The number of ether oxygens (including phenoxy) is 1. The van der Waals surface area contributed by atoms with Crippen molar-refractivity contribution in [3.8, 4) is 17.0 Å². The first-order valence-corrected chi connectivity index (χ1v) is 10.6. The number of thiazole rings is 1. The van der Waals surface area contributed by atoms with Crippen LogP contribution in [0.1, 0.15) is 23.1 Å². The number of carbonyl (C=O) groups is 1. The Morgan fingerprint density at radius 3 is 2.57 bits per heavy atom. The van der Waals surface area contributed by atoms with Crippen LogP contribution < -0.4 is 10.1 Å². The molecular weight excluding hydrogens is 401 g/mol. The first-order valence-electron chi connectivity index (χ1n) is 9.75. The summed E-state index contributed by atoms with van der Waals surface area (Å²) < 4.78 is 20.6. The highest BCUT2D eigenvalue weighted by atomic mass is 32.1. The fraction of sp³-hybridized carbons (Fsp3) is 0.217. The molecule has 0 unspecified atom stereocenters. The van der Waals surface area contributed by atoms with Gasteiger partial charge in [0.25, 0.3) is 0 Å². The summed E-state index contributed by atoms with van der Waals surface area (Å²) in [6.45, 7) is 5.03. The Morgan fingerprint density at radius 1 is 1.17 bits per heavy atom. The lowest BCUT2D eigenvalue weighted by Crippen LogP contribution is -2.24. The zero-order valence-electron chi connectivity index (χ0n) is 16.8. The van der Waals surface area contributed by atoms with E-state index in [-0.39, 0.29) is 11.7 Å². The molecule has 0 saturated carbocycles. The van der Waals surface area contributed by atoms with Crippen molar-refractivity contribution in [3.05, 3.63) is 76.7 Å². The van der Waals surface area contributed by atoms with Crippen LogP contribution >= 0.6 is 11.3 Å². The van der Waals surface area contributed by atoms with Gasteiger partial charge in [-0.25, -0.2) is 9.37 Å². The third kappa shape index (κ3) is 4.36. The van der Waals surface area contributed by atoms with Gasteiger partial charge in [0.2, 0.25) is 5.91 Å². The second kappa shape index (κ2) is 8.67. The highest BCUT2D eigenvalue weighted by Gasteiger charge is 2.14. The molecule has 0 aliphatic carbocycles. The summed E-state index contributed by atoms with van der Waals surface area (Å²) in [5.41, 5.74) is 3.65. The minimum Gasteiger partial charge on any atom is -0.494 e. The minimum atomic E-state index is -0.265. The van der Waals surface area contributed by atoms with Gasteiger partial charge in [-0.3, -0.25) is 9.20 Å². The first kappa shape index (κ1) is 20.1. The molecular formula is C23H22FN3O2S. The molecule has 0 atom stereocenters. The van der Waals surface area contributed by atoms with E-state index in [1.165, 1.54) is 12.1 Å². The molecule has 0 bridgehead atoms. The van der Waals surface area contributed by atoms with Crippen molar-refractivity contribution in [1.29, 1.82) is 0 Å². The number of hydrogen-bond acceptors (Lipinski definition) is 4. The Labute approximate surface area is 178 Å². The van der Waals surface area contributed by atoms with Gasteiger partial charge < -0.3 is 10.1 Å². The number of hydrogen-bond donors (Lipinski definition) is 1. The number of carbonyl (C=O) groups excluding carboxylic acids is 1. The van der Waals surface area contributed by atoms with Crippen molar-refractivity contribution < 1.29 is 13.9 Å². The molecule has 5 nitrogen and oxygen atoms in total. The van der Waals surface area contributed by atoms with E-state index in [1.807, 2.05) is 48.7 Å². The van der Waals surface area contributed by atoms with Crippen LogP contribution in [0.3, 0.4) is 0 Å². The third-order valence-corrected chi connectivity index (χ3v) is 5.99. The maximum absolute atomic E-state index is 13.1. The lowest BCUT2D eigenvalue weighted by atomic mass is 10.1. The van der Waals surface area contributed by atoms with Crippen molar-refractivity contribution in [2.75, 3.05) is 6.61 Å². The van der Waals surface area contributed by atoms with Gasteiger partial charge in [-0.15, -0.1) is 0 Å². The molecule has 30 heavy (non-hydrogen) atoms. The highest BCUT2D eigenvalue weighted by molar-refractivity contribution is 7.17. The number of nitrogens with one attached hydrogen (secondary N) is 1. The summed E-state index contributed by atoms with van der Waals surface area (Å²) in [5, 5.41) is 2.99. The van der Waals surface area contributed by atoms with E-state index in [4.69, 9.17) is 4.74 Å². The fourth-order valence-electron chi connectivity index (χ4n) is 3.21. The summed E-state index contributed by atoms with van der Waals surface area (Å²) in [5.74, 6) is 0.509. The Hall–Kier alpha value is -3.19. The molecule has 0 aliphatic rings. The van der Waals surface area contributed by atoms with Gasteiger partial charge in [0, 0.05) is 22.3 Å². The maximum Gasteiger partial charge on any atom is 0.224 e. The lowest BCUT2D eigenvalue weighted by molar-refractivity contribution is -0.120. The van der Waals surface area contributed by atoms with E-state index in [2.05, 4.69) is 10.3 Å². The van der Waals surface area contributed by atoms with Gasteiger partial charge in [-0.2, -0.15) is 0 Å². The van der Waals surface area contributed by atoms with Crippen LogP contribution in [-0.2, 0) is 17.8 Å². The number of halogens is 1. The smallest absolute Gasteiger partial charge is 0.224 e. The molecule has 4 rings (SSSR count). The molecule has 0 fully saturated rings. The molecule has 1 N–H and O–H groups in total. The van der Waals surface area contributed by atoms with Crippen LogP contribution in [0.25, 0.3) is 16.2 Å². The number of aryl methyl sites for hydroxylation is 1. The molecule has 0 saturated heterocycles. The summed E-state index contributed by atoms with van der Waals surface area (Å²) >= 11 is 1.54. The normalized spacial score (nSPS) is 11.0. The predicted octanol–water partition coefficient (Wildman–Crippen LogP) is 4.77. The summed E-state index contributed by atoms with van der Waals surface area (Å²) in [6.07, 6.45) is 2.27. The second-order valence-corrected chi connectivity index (χ2v) is 7.99. The largest absolute Gasteiger partial charge is 0.494 e. The van der Waals surface area contributed by atoms with Crippen molar-refractivity contribution in [2.45, 2.75) is 26.8 Å². The van der Waals surface area contributed by atoms with Crippen LogP contribution in [-0.4, -0.2) is 21.9 Å². The number of aromatic nitrogens is 2. The van der Waals surface area contributed by atoms with Crippen molar-refractivity contribution in [2.24, 2.45) is 0 Å². The zero-order valence-corrected chi connectivity index (χ0v) is 17.6. The molecule has 1 amide bonds. The number of nitrogens with zero attached hydrogens (tertiary/aromatic N) is 2. The molecule has 2 heterocycles. The zero-order chi connectivity index (χ0) is 21.1. The Kier molecular flexibility index (Phi) is 5.81. The lowest BCUT2D eigenvalue weighted by Gasteiger charge is -2.06. The Morgan fingerprint density at radius 2 is 1.90 bits per heavy atom. The average molecular weight is 424 g/mol. The van der Waals surface area contributed by atoms with Gasteiger partial charge >= 0.3 is 0 Å². The van der Waals surface area contributed by atoms with Crippen molar-refractivity contribution in [3.63, 3.8) is 0 Å². The van der Waals surface area contributed by atoms with Gasteiger partial charge in [-0.05, 0) is 55.8 Å². The van der Waals surface area contributed by atoms with Crippen LogP contribution in [0, 0.1) is 12.7 Å². The average Bonchev–Trinajstić information content (AvgIpc) is 3.28. The predicted molar refractivity (Wildman–Crippen MR) is 116 cm³/mol. The van der Waals surface area contributed by atoms with Crippen molar-refractivity contribution >= 4 is 22.2 Å². The summed E-state index contributed by atoms with van der Waals surface area (Å²) in [7, 11) is 0. The van der Waals surface area contributed by atoms with E-state index in [9.17, 15) is 9.18 Å². The Balaban J connectivity index is 1.40. The number of rotatable bonds is 7. The minimum absolute atomic E-state index is 0.0309. The number of amides is 1. The van der Waals surface area contributed by atoms with E-state index in [1.54, 1.807) is 23.5 Å². The number of benzene rings is 2. The molecule has 4 aromatic rings. The monoisotopic (exact) mass is 423 g/mol. The maximum atomic E-state index is 13.1. The van der Waals surface area contributed by atoms with Crippen LogP contribution in [0.15, 0.2) is 54.7 Å². The molecule has 0 radical (unpaired) electrons. The van der Waals surface area contributed by atoms with Crippen LogP contribution in [0.5, 0.6) is 5.75 Å². The summed E-state index contributed by atoms with van der Waals surface area (Å²) in [4.78, 5) is 18.9. The summed E-state index contributed by atoms with van der Waals surface area (Å²) in [6, 6.07) is 13.9. The fourth-order valence-corrected chi connectivity index (χ4v) is 4.26. The quantitative estimate of drug-likeness (QED) is 0.466. The molecule has 2 aromatic heterocycles. The second-order valence-electron chi connectivity index (χ2n) is 6.93. The molecule has 0 aliphatic heterocycles. The van der Waals surface area contributed by atoms with Gasteiger partial charge in [0.05, 0.1) is 25.3 Å². The van der Waals surface area contributed by atoms with E-state index in [0.717, 1.165) is 38.1 Å². The van der Waals surface area contributed by atoms with Gasteiger partial charge in [0.15, 0.2) is 4.96 Å². The molecule has 0 spiro atoms. The standard InChI is InChI=1S/C23H22FN3O2S/c1-3-29-19-10-4-16(5-11-19)12-22(28)25-13-21-15(2)27-14-20(26-23(27)30-21)17-6-8-18(24)9-7-17/h4-11,14H,3,12-13H2,1-2H3,(H,25,28). The number of imidazole rings is 1. The highest BCUT2D eigenvalue weighted by Crippen LogP contribution is 2.27. The van der Waals surface area contributed by atoms with E-state index >= 15 is 0 Å². The molecule has 7 heteroatoms. The number of fused-ring (bicyclic) bond motifs is 1. The SMILES string of the molecule is CCOc1ccc(CC(=O)NCc2sc3nc(-c4ccc(F)cc4)cn3c2C)cc1.